The van der Waals surface area contributed by atoms with E-state index in [2.05, 4.69) is 0 Å². The Bertz CT molecular complexity index is 266. The summed E-state index contributed by atoms with van der Waals surface area (Å²) >= 11 is 0. The molecule has 0 amide bonds. The van der Waals surface area contributed by atoms with Gasteiger partial charge in [0.05, 0.1) is 0 Å². The highest BCUT2D eigenvalue weighted by Gasteiger charge is 2.05. The van der Waals surface area contributed by atoms with Gasteiger partial charge < -0.3 is 28.4 Å². The van der Waals surface area contributed by atoms with Crippen LogP contribution in [0.1, 0.15) is 7.43 Å². The van der Waals surface area contributed by atoms with Gasteiger partial charge in [0.1, 0.15) is 0 Å². The van der Waals surface area contributed by atoms with Crippen LogP contribution in [0.3, 0.4) is 0 Å². The van der Waals surface area contributed by atoms with E-state index in [0.29, 0.717) is 0 Å². The highest BCUT2D eigenvalue weighted by Crippen LogP contribution is 2.46. The van der Waals surface area contributed by atoms with Gasteiger partial charge in [-0.15, -0.1) is 0 Å². The van der Waals surface area contributed by atoms with Crippen LogP contribution in [0.2, 0.25) is 0 Å². The normalized spacial score (nSPS) is 18.6. The molecular weight excluding hydrogens is 261 g/mol. The van der Waals surface area contributed by atoms with Gasteiger partial charge in [-0.3, -0.25) is 0 Å². The Balaban J connectivity index is -0.000000208. The van der Waals surface area contributed by atoms with E-state index in [1.807, 2.05) is 0 Å². The summed E-state index contributed by atoms with van der Waals surface area (Å²) in [5, 5.41) is 0. The largest absolute Gasteiger partial charge is 0.800 e. The van der Waals surface area contributed by atoms with E-state index in [-0.39, 0.29) is 7.43 Å². The molecule has 0 bridgehead atoms. The molecule has 0 heterocycles. The Labute approximate surface area is 91.1 Å². The topological polar surface area (TPSA) is 120 Å². The maximum atomic E-state index is 10.3. The van der Waals surface area contributed by atoms with Crippen molar-refractivity contribution in [1.82, 2.24) is 0 Å². The van der Waals surface area contributed by atoms with E-state index in [1.54, 1.807) is 0 Å². The highest BCUT2D eigenvalue weighted by molar-refractivity contribution is 7.73. The van der Waals surface area contributed by atoms with Crippen LogP contribution in [0.15, 0.2) is 0 Å². The first-order valence-corrected chi connectivity index (χ1v) is 10.6. The summed E-state index contributed by atoms with van der Waals surface area (Å²) in [5.74, 6) is -0.708. The predicted octanol–water partition coefficient (Wildman–Crippen LogP) is 0.000800. The zero-order valence-corrected chi connectivity index (χ0v) is 11.2. The third-order valence-electron chi connectivity index (χ3n) is 0.514. The van der Waals surface area contributed by atoms with Gasteiger partial charge in [-0.1, -0.05) is 7.43 Å². The quantitative estimate of drug-likeness (QED) is 0.656. The molecule has 0 spiro atoms. The Morgan fingerprint density at radius 1 is 0.800 bits per heavy atom. The van der Waals surface area contributed by atoms with Gasteiger partial charge >= 0.3 is 0 Å². The Morgan fingerprint density at radius 2 is 0.933 bits per heavy atom. The minimum atomic E-state index is -3.61. The van der Waals surface area contributed by atoms with Crippen LogP contribution in [0.25, 0.3) is 0 Å². The number of hydrogen-bond acceptors (Lipinski definition) is 6. The fourth-order valence-electron chi connectivity index (χ4n) is 0.467. The summed E-state index contributed by atoms with van der Waals surface area (Å²) in [4.78, 5) is 30.3. The lowest BCUT2D eigenvalue weighted by Crippen LogP contribution is -2.09. The van der Waals surface area contributed by atoms with Gasteiger partial charge in [-0.25, -0.2) is 0 Å². The third kappa shape index (κ3) is 53.3. The van der Waals surface area contributed by atoms with Crippen molar-refractivity contribution >= 4 is 22.1 Å². The van der Waals surface area contributed by atoms with Crippen LogP contribution < -0.4 is 14.7 Å². The van der Waals surface area contributed by atoms with Gasteiger partial charge in [-0.2, -0.15) is 0 Å². The summed E-state index contributed by atoms with van der Waals surface area (Å²) in [6, 6.07) is 0. The molecule has 0 N–H and O–H groups in total. The standard InChI is InChI=1S/C3H10O4P2.C2H7O2P.CH4/c1-8(4,5)3-9(2,6)7;1-5(2,3)4;/h3H2,1-2H3,(H,4,5)(H,6,7);1-2H3,(H,3,4);1H4/p-3. The zero-order valence-electron chi connectivity index (χ0n) is 8.50. The molecule has 96 valence electrons. The monoisotopic (exact) mass is 279 g/mol. The van der Waals surface area contributed by atoms with Crippen molar-refractivity contribution in [3.05, 3.63) is 0 Å². The Hall–Kier alpha value is 0.570. The van der Waals surface area contributed by atoms with Crippen LogP contribution >= 0.6 is 22.1 Å². The Kier molecular flexibility index (Phi) is 9.77. The van der Waals surface area contributed by atoms with Crippen LogP contribution in [0.5, 0.6) is 0 Å². The van der Waals surface area contributed by atoms with Crippen molar-refractivity contribution < 1.29 is 28.4 Å². The highest BCUT2D eigenvalue weighted by atomic mass is 31.2. The van der Waals surface area contributed by atoms with Gasteiger partial charge in [0.25, 0.3) is 0 Å². The maximum Gasteiger partial charge on any atom is 0.0289 e. The SMILES string of the molecule is C.CP(=O)([O-])CP(C)(=O)[O-].CP(C)(=O)[O-]. The summed E-state index contributed by atoms with van der Waals surface area (Å²) in [6.07, 6.45) is 0. The summed E-state index contributed by atoms with van der Waals surface area (Å²) < 4.78 is 30.3. The van der Waals surface area contributed by atoms with Crippen molar-refractivity contribution in [3.8, 4) is 0 Å². The minimum Gasteiger partial charge on any atom is -0.800 e. The minimum absolute atomic E-state index is 0. The van der Waals surface area contributed by atoms with E-state index in [9.17, 15) is 28.4 Å². The lowest BCUT2D eigenvalue weighted by atomic mass is 11.9. The van der Waals surface area contributed by atoms with Crippen molar-refractivity contribution in [3.63, 3.8) is 0 Å². The van der Waals surface area contributed by atoms with Crippen molar-refractivity contribution in [2.24, 2.45) is 0 Å². The van der Waals surface area contributed by atoms with Crippen molar-refractivity contribution in [1.29, 1.82) is 0 Å². The fraction of sp³-hybridized carbons (Fsp3) is 1.00. The van der Waals surface area contributed by atoms with E-state index < -0.39 is 28.0 Å². The molecule has 15 heavy (non-hydrogen) atoms. The molecule has 0 rings (SSSR count). The van der Waals surface area contributed by atoms with Crippen molar-refractivity contribution in [2.45, 2.75) is 7.43 Å². The van der Waals surface area contributed by atoms with Crippen LogP contribution in [0, 0.1) is 0 Å². The van der Waals surface area contributed by atoms with E-state index in [4.69, 9.17) is 0 Å². The summed E-state index contributed by atoms with van der Waals surface area (Å²) in [6.45, 7) is 4.21. The van der Waals surface area contributed by atoms with E-state index in [0.717, 1.165) is 13.3 Å². The second-order valence-corrected chi connectivity index (χ2v) is 11.1. The summed E-state index contributed by atoms with van der Waals surface area (Å²) in [5.41, 5.74) is 0. The summed E-state index contributed by atoms with van der Waals surface area (Å²) in [7, 11) is -10.1. The molecule has 0 saturated carbocycles. The molecule has 0 fully saturated rings. The molecule has 0 radical (unpaired) electrons. The van der Waals surface area contributed by atoms with Gasteiger partial charge in [0.15, 0.2) is 0 Å². The average Bonchev–Trinajstić information content (AvgIpc) is 1.42. The molecule has 0 saturated heterocycles. The maximum absolute atomic E-state index is 10.3. The lowest BCUT2D eigenvalue weighted by molar-refractivity contribution is -0.180. The van der Waals surface area contributed by atoms with Gasteiger partial charge in [0, 0.05) is 28.0 Å². The molecule has 0 aliphatic heterocycles. The fourth-order valence-corrected chi connectivity index (χ4v) is 4.20. The van der Waals surface area contributed by atoms with E-state index in [1.165, 1.54) is 13.3 Å². The smallest absolute Gasteiger partial charge is 0.0289 e. The second kappa shape index (κ2) is 7.01. The molecule has 2 unspecified atom stereocenters. The first-order valence-electron chi connectivity index (χ1n) is 3.52. The van der Waals surface area contributed by atoms with E-state index >= 15 is 0 Å². The van der Waals surface area contributed by atoms with Crippen LogP contribution in [0.4, 0.5) is 0 Å². The molecule has 9 heteroatoms. The first-order chi connectivity index (χ1) is 5.71. The van der Waals surface area contributed by atoms with Gasteiger partial charge in [0.2, 0.25) is 0 Å². The molecule has 0 aromatic heterocycles. The molecule has 2 atom stereocenters. The predicted molar refractivity (Wildman–Crippen MR) is 58.1 cm³/mol. The van der Waals surface area contributed by atoms with Crippen LogP contribution in [-0.4, -0.2) is 32.6 Å². The van der Waals surface area contributed by atoms with Crippen molar-refractivity contribution in [2.75, 3.05) is 32.6 Å². The third-order valence-corrected chi connectivity index (χ3v) is 4.62. The second-order valence-electron chi connectivity index (χ2n) is 3.42. The average molecular weight is 279 g/mol. The molecule has 0 aliphatic carbocycles. The molecule has 0 aliphatic rings. The molecular formula is C6H18O6P3-3. The first kappa shape index (κ1) is 20.9. The number of hydrogen-bond donors (Lipinski definition) is 0. The van der Waals surface area contributed by atoms with Crippen LogP contribution in [-0.2, 0) is 13.7 Å². The molecule has 0 aromatic carbocycles. The molecule has 6 nitrogen and oxygen atoms in total. The Morgan fingerprint density at radius 3 is 0.933 bits per heavy atom. The number of rotatable bonds is 2. The zero-order chi connectivity index (χ0) is 12.2. The van der Waals surface area contributed by atoms with Gasteiger partial charge in [-0.05, 0) is 26.7 Å². The molecule has 0 aromatic rings. The lowest BCUT2D eigenvalue weighted by Gasteiger charge is -2.25.